The van der Waals surface area contributed by atoms with Crippen LogP contribution in [0.15, 0.2) is 53.6 Å². The van der Waals surface area contributed by atoms with Crippen LogP contribution < -0.4 is 14.5 Å². The van der Waals surface area contributed by atoms with Crippen LogP contribution in [-0.2, 0) is 24.3 Å². The van der Waals surface area contributed by atoms with Crippen LogP contribution in [0, 0.1) is 6.92 Å². The van der Waals surface area contributed by atoms with Crippen molar-refractivity contribution in [2.24, 2.45) is 5.10 Å². The third kappa shape index (κ3) is 7.21. The van der Waals surface area contributed by atoms with Gasteiger partial charge in [0.15, 0.2) is 6.61 Å². The number of hydrogen-bond donors (Lipinski definition) is 1. The number of aryl methyl sites for hydroxylation is 1. The smallest absolute Gasteiger partial charge is 0.343 e. The number of amides is 1. The van der Waals surface area contributed by atoms with E-state index < -0.39 is 28.4 Å². The molecule has 0 unspecified atom stereocenters. The van der Waals surface area contributed by atoms with E-state index in [0.717, 1.165) is 16.1 Å². The molecular weight excluding hydrogens is 410 g/mol. The molecule has 0 fully saturated rings. The van der Waals surface area contributed by atoms with Gasteiger partial charge in [-0.1, -0.05) is 29.8 Å². The average molecular weight is 433 g/mol. The van der Waals surface area contributed by atoms with Crippen molar-refractivity contribution in [3.05, 3.63) is 59.7 Å². The van der Waals surface area contributed by atoms with E-state index in [2.05, 4.69) is 15.3 Å². The quantitative estimate of drug-likeness (QED) is 0.364. The van der Waals surface area contributed by atoms with Crippen LogP contribution in [0.3, 0.4) is 0 Å². The summed E-state index contributed by atoms with van der Waals surface area (Å²) in [6, 6.07) is 13.5. The van der Waals surface area contributed by atoms with Gasteiger partial charge in [0, 0.05) is 0 Å². The molecule has 160 valence electrons. The molecule has 0 bridgehead atoms. The maximum atomic E-state index is 12.2. The number of sulfonamides is 1. The molecule has 0 aliphatic heterocycles. The highest BCUT2D eigenvalue weighted by molar-refractivity contribution is 7.92. The Morgan fingerprint density at radius 1 is 1.17 bits per heavy atom. The van der Waals surface area contributed by atoms with Crippen molar-refractivity contribution in [1.82, 2.24) is 5.43 Å². The summed E-state index contributed by atoms with van der Waals surface area (Å²) < 4.78 is 34.9. The Labute approximate surface area is 175 Å². The van der Waals surface area contributed by atoms with Gasteiger partial charge in [0.25, 0.3) is 5.91 Å². The number of carbonyl (C=O) groups is 2. The zero-order valence-corrected chi connectivity index (χ0v) is 17.7. The molecule has 0 heterocycles. The number of benzene rings is 2. The van der Waals surface area contributed by atoms with E-state index >= 15 is 0 Å². The molecule has 9 nitrogen and oxygen atoms in total. The molecule has 1 amide bonds. The summed E-state index contributed by atoms with van der Waals surface area (Å²) in [6.07, 6.45) is 2.41. The molecule has 0 aromatic heterocycles. The topological polar surface area (TPSA) is 114 Å². The average Bonchev–Trinajstić information content (AvgIpc) is 2.70. The van der Waals surface area contributed by atoms with Gasteiger partial charge in [0.1, 0.15) is 12.3 Å². The molecule has 0 aliphatic carbocycles. The molecule has 2 aromatic carbocycles. The van der Waals surface area contributed by atoms with E-state index in [9.17, 15) is 18.0 Å². The fraction of sp³-hybridized carbons (Fsp3) is 0.250. The molecule has 0 aliphatic rings. The van der Waals surface area contributed by atoms with Gasteiger partial charge in [-0.3, -0.25) is 9.10 Å². The van der Waals surface area contributed by atoms with Crippen molar-refractivity contribution in [3.63, 3.8) is 0 Å². The van der Waals surface area contributed by atoms with Gasteiger partial charge in [-0.2, -0.15) is 5.10 Å². The number of hydrazone groups is 1. The fourth-order valence-electron chi connectivity index (χ4n) is 2.34. The number of ether oxygens (including phenoxy) is 2. The molecule has 0 saturated heterocycles. The lowest BCUT2D eigenvalue weighted by molar-refractivity contribution is -0.142. The lowest BCUT2D eigenvalue weighted by atomic mass is 10.2. The highest BCUT2D eigenvalue weighted by atomic mass is 32.2. The van der Waals surface area contributed by atoms with Crippen LogP contribution >= 0.6 is 0 Å². The molecule has 2 rings (SSSR count). The monoisotopic (exact) mass is 433 g/mol. The highest BCUT2D eigenvalue weighted by Crippen LogP contribution is 2.17. The van der Waals surface area contributed by atoms with Crippen LogP contribution in [0.25, 0.3) is 0 Å². The summed E-state index contributed by atoms with van der Waals surface area (Å²) in [4.78, 5) is 23.3. The van der Waals surface area contributed by atoms with E-state index in [0.29, 0.717) is 17.0 Å². The van der Waals surface area contributed by atoms with E-state index in [1.165, 1.54) is 13.3 Å². The Balaban J connectivity index is 1.99. The zero-order chi connectivity index (χ0) is 22.1. The Hall–Kier alpha value is -3.40. The minimum absolute atomic E-state index is 0.228. The first-order valence-corrected chi connectivity index (χ1v) is 10.7. The Morgan fingerprint density at radius 3 is 2.50 bits per heavy atom. The van der Waals surface area contributed by atoms with Gasteiger partial charge >= 0.3 is 5.97 Å². The highest BCUT2D eigenvalue weighted by Gasteiger charge is 2.20. The van der Waals surface area contributed by atoms with Crippen molar-refractivity contribution < 1.29 is 27.5 Å². The summed E-state index contributed by atoms with van der Waals surface area (Å²) in [5.41, 5.74) is 4.27. The second-order valence-electron chi connectivity index (χ2n) is 6.34. The van der Waals surface area contributed by atoms with Crippen LogP contribution in [0.5, 0.6) is 5.75 Å². The van der Waals surface area contributed by atoms with Gasteiger partial charge in [-0.15, -0.1) is 0 Å². The lowest BCUT2D eigenvalue weighted by Crippen LogP contribution is -2.39. The Bertz CT molecular complexity index is 1020. The Morgan fingerprint density at radius 2 is 1.87 bits per heavy atom. The van der Waals surface area contributed by atoms with E-state index in [1.54, 1.807) is 48.5 Å². The van der Waals surface area contributed by atoms with Crippen molar-refractivity contribution in [2.45, 2.75) is 6.92 Å². The zero-order valence-electron chi connectivity index (χ0n) is 16.9. The van der Waals surface area contributed by atoms with Gasteiger partial charge in [-0.05, 0) is 36.8 Å². The summed E-state index contributed by atoms with van der Waals surface area (Å²) in [7, 11) is -2.39. The molecule has 0 radical (unpaired) electrons. The summed E-state index contributed by atoms with van der Waals surface area (Å²) >= 11 is 0. The molecule has 1 N–H and O–H groups in total. The summed E-state index contributed by atoms with van der Waals surface area (Å²) in [5, 5.41) is 3.84. The number of anilines is 1. The number of rotatable bonds is 9. The molecule has 0 saturated carbocycles. The SMILES string of the molecule is COC(=O)COc1cccc(/C=N\NC(=O)CN(c2ccc(C)cc2)S(C)(=O)=O)c1. The second kappa shape index (κ2) is 10.4. The van der Waals surface area contributed by atoms with Gasteiger partial charge in [0.2, 0.25) is 10.0 Å². The fourth-order valence-corrected chi connectivity index (χ4v) is 3.20. The van der Waals surface area contributed by atoms with Gasteiger partial charge in [0.05, 0.1) is 25.3 Å². The predicted molar refractivity (Wildman–Crippen MR) is 113 cm³/mol. The van der Waals surface area contributed by atoms with Crippen molar-refractivity contribution in [3.8, 4) is 5.75 Å². The molecule has 0 spiro atoms. The number of methoxy groups -OCH3 is 1. The molecule has 10 heteroatoms. The van der Waals surface area contributed by atoms with Crippen LogP contribution in [0.4, 0.5) is 5.69 Å². The summed E-state index contributed by atoms with van der Waals surface area (Å²) in [5.74, 6) is -0.681. The van der Waals surface area contributed by atoms with E-state index in [1.807, 2.05) is 6.92 Å². The number of carbonyl (C=O) groups excluding carboxylic acids is 2. The third-order valence-corrected chi connectivity index (χ3v) is 5.00. The Kier molecular flexibility index (Phi) is 7.93. The van der Waals surface area contributed by atoms with Crippen molar-refractivity contribution >= 4 is 33.8 Å². The standard InChI is InChI=1S/C20H23N3O6S/c1-15-7-9-17(10-8-15)23(30(3,26)27)13-19(24)22-21-12-16-5-4-6-18(11-16)29-14-20(25)28-2/h4-12H,13-14H2,1-3H3,(H,22,24)/b21-12-. The maximum absolute atomic E-state index is 12.2. The molecule has 0 atom stereocenters. The van der Waals surface area contributed by atoms with Crippen LogP contribution in [-0.4, -0.2) is 53.0 Å². The van der Waals surface area contributed by atoms with Crippen molar-refractivity contribution in [2.75, 3.05) is 30.8 Å². The maximum Gasteiger partial charge on any atom is 0.343 e. The van der Waals surface area contributed by atoms with E-state index in [-0.39, 0.29) is 6.61 Å². The normalized spacial score (nSPS) is 11.2. The molecule has 2 aromatic rings. The first kappa shape index (κ1) is 22.9. The van der Waals surface area contributed by atoms with Gasteiger partial charge < -0.3 is 9.47 Å². The first-order chi connectivity index (χ1) is 14.2. The van der Waals surface area contributed by atoms with Crippen LogP contribution in [0.2, 0.25) is 0 Å². The number of esters is 1. The van der Waals surface area contributed by atoms with Gasteiger partial charge in [-0.25, -0.2) is 18.6 Å². The third-order valence-electron chi connectivity index (χ3n) is 3.85. The minimum atomic E-state index is -3.66. The minimum Gasteiger partial charge on any atom is -0.482 e. The van der Waals surface area contributed by atoms with E-state index in [4.69, 9.17) is 4.74 Å². The predicted octanol–water partition coefficient (Wildman–Crippen LogP) is 1.46. The number of nitrogens with zero attached hydrogens (tertiary/aromatic N) is 2. The molecule has 30 heavy (non-hydrogen) atoms. The number of hydrogen-bond acceptors (Lipinski definition) is 7. The molecular formula is C20H23N3O6S. The first-order valence-electron chi connectivity index (χ1n) is 8.85. The van der Waals surface area contributed by atoms with Crippen molar-refractivity contribution in [1.29, 1.82) is 0 Å². The second-order valence-corrected chi connectivity index (χ2v) is 8.24. The lowest BCUT2D eigenvalue weighted by Gasteiger charge is -2.21. The van der Waals surface area contributed by atoms with Crippen LogP contribution in [0.1, 0.15) is 11.1 Å². The largest absolute Gasteiger partial charge is 0.482 e. The summed E-state index contributed by atoms with van der Waals surface area (Å²) in [6.45, 7) is 1.24. The number of nitrogens with one attached hydrogen (secondary N) is 1.